The number of carbonyl (C=O) groups is 3. The summed E-state index contributed by atoms with van der Waals surface area (Å²) in [4.78, 5) is 38.5. The average Bonchev–Trinajstić information content (AvgIpc) is 3.19. The SMILES string of the molecule is COC(=O)C(C)Oc1noc2cc(Cl)c(N3C(=O)C4CCCCC4C3=O)cc12. The number of halogens is 1. The first-order valence-corrected chi connectivity index (χ1v) is 9.51. The van der Waals surface area contributed by atoms with Gasteiger partial charge in [0, 0.05) is 6.07 Å². The van der Waals surface area contributed by atoms with E-state index in [4.69, 9.17) is 20.9 Å². The number of esters is 1. The van der Waals surface area contributed by atoms with E-state index in [9.17, 15) is 14.4 Å². The lowest BCUT2D eigenvalue weighted by atomic mass is 9.81. The topological polar surface area (TPSA) is 98.9 Å². The van der Waals surface area contributed by atoms with Crippen LogP contribution in [0.4, 0.5) is 5.69 Å². The monoisotopic (exact) mass is 406 g/mol. The molecule has 3 atom stereocenters. The molecule has 28 heavy (non-hydrogen) atoms. The number of imide groups is 1. The van der Waals surface area contributed by atoms with Gasteiger partial charge in [0.2, 0.25) is 11.8 Å². The largest absolute Gasteiger partial charge is 0.466 e. The van der Waals surface area contributed by atoms with E-state index in [-0.39, 0.29) is 40.2 Å². The average molecular weight is 407 g/mol. The van der Waals surface area contributed by atoms with Crippen molar-refractivity contribution in [2.45, 2.75) is 38.7 Å². The van der Waals surface area contributed by atoms with Crippen molar-refractivity contribution in [3.8, 4) is 5.88 Å². The third-order valence-corrected chi connectivity index (χ3v) is 5.71. The van der Waals surface area contributed by atoms with Crippen molar-refractivity contribution in [1.82, 2.24) is 5.16 Å². The van der Waals surface area contributed by atoms with Crippen LogP contribution in [0.5, 0.6) is 5.88 Å². The molecule has 3 unspecified atom stereocenters. The van der Waals surface area contributed by atoms with Gasteiger partial charge in [-0.3, -0.25) is 9.59 Å². The molecule has 1 aliphatic carbocycles. The molecule has 1 aromatic heterocycles. The Hall–Kier alpha value is -2.61. The molecule has 1 aliphatic heterocycles. The molecule has 2 fully saturated rings. The van der Waals surface area contributed by atoms with Gasteiger partial charge < -0.3 is 14.0 Å². The van der Waals surface area contributed by atoms with Crippen LogP contribution in [0.15, 0.2) is 16.7 Å². The highest BCUT2D eigenvalue weighted by Crippen LogP contribution is 2.43. The number of rotatable bonds is 4. The Balaban J connectivity index is 1.72. The van der Waals surface area contributed by atoms with E-state index in [1.807, 2.05) is 0 Å². The summed E-state index contributed by atoms with van der Waals surface area (Å²) >= 11 is 6.35. The molecule has 2 heterocycles. The maximum atomic E-state index is 12.9. The molecular formula is C19H19ClN2O6. The molecule has 2 amide bonds. The van der Waals surface area contributed by atoms with Gasteiger partial charge in [-0.2, -0.15) is 0 Å². The summed E-state index contributed by atoms with van der Waals surface area (Å²) in [5.74, 6) is -1.53. The molecule has 148 valence electrons. The second-order valence-electron chi connectivity index (χ2n) is 7.08. The molecule has 2 aromatic rings. The molecule has 0 spiro atoms. The van der Waals surface area contributed by atoms with Gasteiger partial charge in [0.25, 0.3) is 5.88 Å². The van der Waals surface area contributed by atoms with Crippen molar-refractivity contribution < 1.29 is 28.4 Å². The first-order chi connectivity index (χ1) is 13.4. The lowest BCUT2D eigenvalue weighted by molar-refractivity contribution is -0.148. The van der Waals surface area contributed by atoms with Gasteiger partial charge in [0.1, 0.15) is 0 Å². The first-order valence-electron chi connectivity index (χ1n) is 9.13. The molecule has 0 N–H and O–H groups in total. The Bertz CT molecular complexity index is 947. The fraction of sp³-hybridized carbons (Fsp3) is 0.474. The number of hydrogen-bond acceptors (Lipinski definition) is 7. The zero-order valence-electron chi connectivity index (χ0n) is 15.4. The van der Waals surface area contributed by atoms with Crippen LogP contribution in [-0.4, -0.2) is 36.2 Å². The second kappa shape index (κ2) is 7.09. The number of methoxy groups -OCH3 is 1. The number of carbonyl (C=O) groups excluding carboxylic acids is 3. The fourth-order valence-corrected chi connectivity index (χ4v) is 4.20. The van der Waals surface area contributed by atoms with Crippen molar-refractivity contribution in [3.05, 3.63) is 17.2 Å². The predicted octanol–water partition coefficient (Wildman–Crippen LogP) is 3.10. The Morgan fingerprint density at radius 3 is 2.50 bits per heavy atom. The molecule has 1 saturated carbocycles. The minimum Gasteiger partial charge on any atom is -0.466 e. The van der Waals surface area contributed by atoms with Crippen molar-refractivity contribution in [1.29, 1.82) is 0 Å². The number of nitrogens with zero attached hydrogens (tertiary/aromatic N) is 2. The third-order valence-electron chi connectivity index (χ3n) is 5.41. The van der Waals surface area contributed by atoms with Crippen LogP contribution in [0.2, 0.25) is 5.02 Å². The van der Waals surface area contributed by atoms with Crippen LogP contribution in [0, 0.1) is 11.8 Å². The number of fused-ring (bicyclic) bond motifs is 2. The van der Waals surface area contributed by atoms with E-state index in [1.165, 1.54) is 25.0 Å². The Morgan fingerprint density at radius 1 is 1.25 bits per heavy atom. The third kappa shape index (κ3) is 2.92. The van der Waals surface area contributed by atoms with E-state index >= 15 is 0 Å². The standard InChI is InChI=1S/C19H19ClN2O6/c1-9(19(25)26-2)27-16-12-7-14(13(20)8-15(12)28-21-16)22-17(23)10-5-3-4-6-11(10)18(22)24/h7-11H,3-6H2,1-2H3. The van der Waals surface area contributed by atoms with E-state index in [2.05, 4.69) is 9.89 Å². The molecule has 9 heteroatoms. The molecule has 0 radical (unpaired) electrons. The summed E-state index contributed by atoms with van der Waals surface area (Å²) in [6.07, 6.45) is 2.40. The van der Waals surface area contributed by atoms with Gasteiger partial charge in [0.15, 0.2) is 11.7 Å². The van der Waals surface area contributed by atoms with Gasteiger partial charge in [-0.15, -0.1) is 0 Å². The van der Waals surface area contributed by atoms with Gasteiger partial charge in [0.05, 0.1) is 35.0 Å². The van der Waals surface area contributed by atoms with E-state index in [0.717, 1.165) is 12.8 Å². The van der Waals surface area contributed by atoms with Crippen LogP contribution in [-0.2, 0) is 19.1 Å². The van der Waals surface area contributed by atoms with Crippen LogP contribution >= 0.6 is 11.6 Å². The quantitative estimate of drug-likeness (QED) is 0.568. The molecule has 8 nitrogen and oxygen atoms in total. The normalized spacial score (nSPS) is 23.0. The molecule has 1 aromatic carbocycles. The summed E-state index contributed by atoms with van der Waals surface area (Å²) < 4.78 is 15.4. The van der Waals surface area contributed by atoms with Crippen LogP contribution < -0.4 is 9.64 Å². The van der Waals surface area contributed by atoms with Crippen LogP contribution in [0.1, 0.15) is 32.6 Å². The fourth-order valence-electron chi connectivity index (χ4n) is 3.96. The van der Waals surface area contributed by atoms with E-state index < -0.39 is 12.1 Å². The molecule has 1 saturated heterocycles. The van der Waals surface area contributed by atoms with Crippen LogP contribution in [0.25, 0.3) is 11.0 Å². The Morgan fingerprint density at radius 2 is 1.89 bits per heavy atom. The van der Waals surface area contributed by atoms with Crippen molar-refractivity contribution in [3.63, 3.8) is 0 Å². The van der Waals surface area contributed by atoms with Gasteiger partial charge in [-0.25, -0.2) is 9.69 Å². The lowest BCUT2D eigenvalue weighted by Crippen LogP contribution is -2.31. The van der Waals surface area contributed by atoms with Crippen molar-refractivity contribution >= 4 is 46.0 Å². The number of benzene rings is 1. The zero-order chi connectivity index (χ0) is 20.0. The first kappa shape index (κ1) is 18.7. The predicted molar refractivity (Wildman–Crippen MR) is 99.1 cm³/mol. The maximum absolute atomic E-state index is 12.9. The number of anilines is 1. The summed E-state index contributed by atoms with van der Waals surface area (Å²) in [6.45, 7) is 1.52. The van der Waals surface area contributed by atoms with Crippen molar-refractivity contribution in [2.24, 2.45) is 11.8 Å². The number of ether oxygens (including phenoxy) is 2. The van der Waals surface area contributed by atoms with E-state index in [1.54, 1.807) is 6.07 Å². The number of hydrogen-bond donors (Lipinski definition) is 0. The molecule has 0 bridgehead atoms. The summed E-state index contributed by atoms with van der Waals surface area (Å²) in [5.41, 5.74) is 0.592. The minimum atomic E-state index is -0.907. The van der Waals surface area contributed by atoms with Crippen molar-refractivity contribution in [2.75, 3.05) is 12.0 Å². The highest BCUT2D eigenvalue weighted by atomic mass is 35.5. The van der Waals surface area contributed by atoms with Gasteiger partial charge in [-0.1, -0.05) is 24.4 Å². The zero-order valence-corrected chi connectivity index (χ0v) is 16.2. The molecule has 2 aliphatic rings. The van der Waals surface area contributed by atoms with Gasteiger partial charge in [-0.05, 0) is 31.0 Å². The Labute approximate surface area is 165 Å². The lowest BCUT2D eigenvalue weighted by Gasteiger charge is -2.19. The minimum absolute atomic E-state index is 0.0577. The molecule has 4 rings (SSSR count). The van der Waals surface area contributed by atoms with Crippen LogP contribution in [0.3, 0.4) is 0 Å². The Kier molecular flexibility index (Phi) is 4.74. The summed E-state index contributed by atoms with van der Waals surface area (Å²) in [7, 11) is 1.25. The summed E-state index contributed by atoms with van der Waals surface area (Å²) in [6, 6.07) is 3.03. The highest BCUT2D eigenvalue weighted by Gasteiger charge is 2.49. The maximum Gasteiger partial charge on any atom is 0.346 e. The number of amides is 2. The van der Waals surface area contributed by atoms with E-state index in [0.29, 0.717) is 23.8 Å². The summed E-state index contributed by atoms with van der Waals surface area (Å²) in [5, 5.41) is 4.43. The second-order valence-corrected chi connectivity index (χ2v) is 7.49. The number of aromatic nitrogens is 1. The molecular weight excluding hydrogens is 388 g/mol. The van der Waals surface area contributed by atoms with Gasteiger partial charge >= 0.3 is 5.97 Å². The highest BCUT2D eigenvalue weighted by molar-refractivity contribution is 6.37. The smallest absolute Gasteiger partial charge is 0.346 e.